The Bertz CT molecular complexity index is 2810. The summed E-state index contributed by atoms with van der Waals surface area (Å²) in [5, 5.41) is 2.45. The normalized spacial score (nSPS) is 12.9. The van der Waals surface area contributed by atoms with Gasteiger partial charge in [-0.15, -0.1) is 11.3 Å². The second-order valence-corrected chi connectivity index (χ2v) is 15.2. The van der Waals surface area contributed by atoms with E-state index in [9.17, 15) is 0 Å². The van der Waals surface area contributed by atoms with E-state index in [0.29, 0.717) is 17.6 Å². The van der Waals surface area contributed by atoms with Crippen LogP contribution in [0.2, 0.25) is 0 Å². The molecule has 0 amide bonds. The number of aromatic nitrogens is 3. The third-order valence-electron chi connectivity index (χ3n) is 10.5. The largest absolute Gasteiger partial charge is 0.278 e. The van der Waals surface area contributed by atoms with E-state index in [2.05, 4.69) is 183 Å². The summed E-state index contributed by atoms with van der Waals surface area (Å²) in [4.78, 5) is 18.1. The van der Waals surface area contributed by atoms with Gasteiger partial charge in [-0.05, 0) is 70.3 Å². The number of nitrogens with zero attached hydrogens (tertiary/aromatic N) is 4. The Kier molecular flexibility index (Phi) is 7.31. The molecule has 2 heterocycles. The number of fused-ring (bicyclic) bond motifs is 6. The predicted molar refractivity (Wildman–Crippen MR) is 221 cm³/mol. The molecule has 9 aromatic rings. The van der Waals surface area contributed by atoms with Gasteiger partial charge in [0.1, 0.15) is 0 Å². The molecule has 0 radical (unpaired) electrons. The molecule has 0 bridgehead atoms. The first-order chi connectivity index (χ1) is 26.0. The fourth-order valence-electron chi connectivity index (χ4n) is 7.89. The average molecular weight is 699 g/mol. The lowest BCUT2D eigenvalue weighted by Gasteiger charge is -2.27. The first kappa shape index (κ1) is 31.3. The smallest absolute Gasteiger partial charge is 0.238 e. The van der Waals surface area contributed by atoms with E-state index in [1.807, 2.05) is 17.4 Å². The van der Waals surface area contributed by atoms with Crippen molar-refractivity contribution in [3.05, 3.63) is 181 Å². The van der Waals surface area contributed by atoms with Gasteiger partial charge in [0.05, 0.1) is 5.69 Å². The molecule has 0 spiro atoms. The summed E-state index contributed by atoms with van der Waals surface area (Å²) < 4.78 is 2.51. The van der Waals surface area contributed by atoms with Crippen molar-refractivity contribution in [2.24, 2.45) is 0 Å². The molecule has 1 aliphatic rings. The lowest BCUT2D eigenvalue weighted by molar-refractivity contribution is 0.660. The first-order valence-corrected chi connectivity index (χ1v) is 18.8. The molecule has 0 N–H and O–H groups in total. The van der Waals surface area contributed by atoms with E-state index in [-0.39, 0.29) is 5.41 Å². The fourth-order valence-corrected chi connectivity index (χ4v) is 8.98. The molecular weight excluding hydrogens is 665 g/mol. The van der Waals surface area contributed by atoms with Crippen LogP contribution in [0.15, 0.2) is 170 Å². The number of thiophene rings is 1. The molecule has 10 rings (SSSR count). The summed E-state index contributed by atoms with van der Waals surface area (Å²) in [5.41, 5.74) is 11.1. The summed E-state index contributed by atoms with van der Waals surface area (Å²) in [5.74, 6) is 1.81. The van der Waals surface area contributed by atoms with Gasteiger partial charge >= 0.3 is 0 Å². The molecule has 0 aliphatic heterocycles. The highest BCUT2D eigenvalue weighted by Crippen LogP contribution is 2.54. The van der Waals surface area contributed by atoms with Crippen molar-refractivity contribution in [2.75, 3.05) is 4.90 Å². The SMILES string of the molecule is CC1(C)c2ccccc2-c2c(N(c3ccccc3)c3nc(-c4ccc(-c5ccccc5)cc4)nc(-c4ccc5sc6ccccc6c5c4)n3)cccc21. The molecule has 1 aliphatic carbocycles. The van der Waals surface area contributed by atoms with Crippen LogP contribution in [0.1, 0.15) is 25.0 Å². The molecule has 5 heteroatoms. The molecule has 0 saturated carbocycles. The van der Waals surface area contributed by atoms with Gasteiger partial charge in [-0.1, -0.05) is 141 Å². The van der Waals surface area contributed by atoms with Crippen molar-refractivity contribution >= 4 is 48.8 Å². The van der Waals surface area contributed by atoms with E-state index < -0.39 is 0 Å². The maximum absolute atomic E-state index is 5.34. The molecule has 4 nitrogen and oxygen atoms in total. The number of para-hydroxylation sites is 1. The van der Waals surface area contributed by atoms with Crippen LogP contribution in [0.3, 0.4) is 0 Å². The summed E-state index contributed by atoms with van der Waals surface area (Å²) in [6.07, 6.45) is 0. The van der Waals surface area contributed by atoms with Crippen LogP contribution in [0.25, 0.3) is 65.2 Å². The molecule has 7 aromatic carbocycles. The van der Waals surface area contributed by atoms with Crippen molar-refractivity contribution in [3.63, 3.8) is 0 Å². The van der Waals surface area contributed by atoms with Crippen molar-refractivity contribution < 1.29 is 0 Å². The quantitative estimate of drug-likeness (QED) is 0.173. The summed E-state index contributed by atoms with van der Waals surface area (Å²) in [6.45, 7) is 4.63. The predicted octanol–water partition coefficient (Wildman–Crippen LogP) is 13.0. The Morgan fingerprint density at radius 3 is 1.89 bits per heavy atom. The minimum atomic E-state index is -0.154. The third-order valence-corrected chi connectivity index (χ3v) is 11.7. The van der Waals surface area contributed by atoms with E-state index in [1.165, 1.54) is 48.0 Å². The minimum Gasteiger partial charge on any atom is -0.278 e. The van der Waals surface area contributed by atoms with Gasteiger partial charge in [0.25, 0.3) is 0 Å². The number of rotatable bonds is 6. The monoisotopic (exact) mass is 698 g/mol. The molecule has 53 heavy (non-hydrogen) atoms. The Morgan fingerprint density at radius 1 is 0.472 bits per heavy atom. The first-order valence-electron chi connectivity index (χ1n) is 18.0. The van der Waals surface area contributed by atoms with Crippen molar-refractivity contribution in [1.82, 2.24) is 15.0 Å². The summed E-state index contributed by atoms with van der Waals surface area (Å²) >= 11 is 1.81. The van der Waals surface area contributed by atoms with E-state index >= 15 is 0 Å². The minimum absolute atomic E-state index is 0.154. The van der Waals surface area contributed by atoms with Gasteiger partial charge < -0.3 is 0 Å². The van der Waals surface area contributed by atoms with E-state index in [1.54, 1.807) is 0 Å². The Labute approximate surface area is 312 Å². The maximum atomic E-state index is 5.34. The van der Waals surface area contributed by atoms with Gasteiger partial charge in [0.15, 0.2) is 11.6 Å². The topological polar surface area (TPSA) is 41.9 Å². The Balaban J connectivity index is 1.21. The number of anilines is 3. The number of benzene rings is 7. The third kappa shape index (κ3) is 5.23. The highest BCUT2D eigenvalue weighted by molar-refractivity contribution is 7.25. The second kappa shape index (κ2) is 12.4. The highest BCUT2D eigenvalue weighted by atomic mass is 32.1. The lowest BCUT2D eigenvalue weighted by Crippen LogP contribution is -2.17. The van der Waals surface area contributed by atoms with Gasteiger partial charge in [-0.2, -0.15) is 9.97 Å². The maximum Gasteiger partial charge on any atom is 0.238 e. The molecule has 252 valence electrons. The van der Waals surface area contributed by atoms with Crippen molar-refractivity contribution in [1.29, 1.82) is 0 Å². The number of hydrogen-bond donors (Lipinski definition) is 0. The molecule has 0 fully saturated rings. The average Bonchev–Trinajstić information content (AvgIpc) is 3.70. The molecule has 0 saturated heterocycles. The van der Waals surface area contributed by atoms with Crippen LogP contribution >= 0.6 is 11.3 Å². The molecule has 2 aromatic heterocycles. The van der Waals surface area contributed by atoms with Gasteiger partial charge in [-0.25, -0.2) is 4.98 Å². The molecular formula is C48H34N4S. The zero-order chi connectivity index (χ0) is 35.5. The van der Waals surface area contributed by atoms with Crippen LogP contribution in [-0.2, 0) is 5.41 Å². The van der Waals surface area contributed by atoms with Crippen molar-refractivity contribution in [3.8, 4) is 45.0 Å². The van der Waals surface area contributed by atoms with Crippen LogP contribution in [0, 0.1) is 0 Å². The second-order valence-electron chi connectivity index (χ2n) is 14.1. The zero-order valence-electron chi connectivity index (χ0n) is 29.4. The van der Waals surface area contributed by atoms with Gasteiger partial charge in [0, 0.05) is 48.0 Å². The van der Waals surface area contributed by atoms with Crippen LogP contribution < -0.4 is 4.90 Å². The standard InChI is InChI=1S/C48H34N4S/c1-48(2)39-20-11-9-19-37(39)44-40(48)21-13-22-41(44)52(35-16-7-4-8-17-35)47-50-45(33-26-24-32(25-27-33)31-14-5-3-6-15-31)49-46(51-47)34-28-29-43-38(30-34)36-18-10-12-23-42(36)53-43/h3-30H,1-2H3. The molecule has 0 atom stereocenters. The van der Waals surface area contributed by atoms with Crippen LogP contribution in [-0.4, -0.2) is 15.0 Å². The van der Waals surface area contributed by atoms with Gasteiger partial charge in [-0.3, -0.25) is 4.90 Å². The Hall–Kier alpha value is -6.43. The summed E-state index contributed by atoms with van der Waals surface area (Å²) in [7, 11) is 0. The molecule has 0 unspecified atom stereocenters. The highest BCUT2D eigenvalue weighted by Gasteiger charge is 2.38. The fraction of sp³-hybridized carbons (Fsp3) is 0.0625. The van der Waals surface area contributed by atoms with E-state index in [4.69, 9.17) is 15.0 Å². The summed E-state index contributed by atoms with van der Waals surface area (Å²) in [6, 6.07) is 60.0. The van der Waals surface area contributed by atoms with Crippen molar-refractivity contribution in [2.45, 2.75) is 19.3 Å². The zero-order valence-corrected chi connectivity index (χ0v) is 30.2. The van der Waals surface area contributed by atoms with E-state index in [0.717, 1.165) is 28.1 Å². The number of hydrogen-bond acceptors (Lipinski definition) is 5. The lowest BCUT2D eigenvalue weighted by atomic mass is 9.82. The van der Waals surface area contributed by atoms with Gasteiger partial charge in [0.2, 0.25) is 5.95 Å². The van der Waals surface area contributed by atoms with Crippen LogP contribution in [0.5, 0.6) is 0 Å². The Morgan fingerprint density at radius 2 is 1.08 bits per heavy atom. The van der Waals surface area contributed by atoms with Crippen LogP contribution in [0.4, 0.5) is 17.3 Å².